The van der Waals surface area contributed by atoms with Gasteiger partial charge in [-0.2, -0.15) is 0 Å². The highest BCUT2D eigenvalue weighted by Gasteiger charge is 2.28. The molecule has 0 bridgehead atoms. The Hall–Kier alpha value is -2.01. The lowest BCUT2D eigenvalue weighted by atomic mass is 9.94. The number of piperidine rings is 1. The van der Waals surface area contributed by atoms with Gasteiger partial charge < -0.3 is 14.4 Å². The van der Waals surface area contributed by atoms with E-state index in [1.807, 2.05) is 11.0 Å². The zero-order chi connectivity index (χ0) is 16.2. The fourth-order valence-corrected chi connectivity index (χ4v) is 4.01. The van der Waals surface area contributed by atoms with Crippen molar-refractivity contribution < 1.29 is 14.3 Å². The minimum atomic E-state index is -0.0103. The number of amides is 1. The van der Waals surface area contributed by atoms with Crippen LogP contribution in [0.2, 0.25) is 0 Å². The average Bonchev–Trinajstić information content (AvgIpc) is 3.15. The number of likely N-dealkylation sites (tertiary alicyclic amines) is 1. The molecular weight excluding hydrogens is 310 g/mol. The molecular formula is C18H21NO3S. The number of hydrogen-bond acceptors (Lipinski definition) is 4. The van der Waals surface area contributed by atoms with Crippen molar-refractivity contribution in [1.82, 2.24) is 4.90 Å². The number of carbonyl (C=O) groups is 1. The van der Waals surface area contributed by atoms with Crippen LogP contribution in [0.3, 0.4) is 0 Å². The summed E-state index contributed by atoms with van der Waals surface area (Å²) in [7, 11) is 3.16. The van der Waals surface area contributed by atoms with Gasteiger partial charge >= 0.3 is 0 Å². The standard InChI is InChI=1S/C18H21NO3S/c1-21-14-5-3-6-15(22-2)17(14)18(20)19-10-8-13(9-11-19)16-7-4-12-23-16/h3-7,12-13H,8-11H2,1-2H3. The quantitative estimate of drug-likeness (QED) is 0.856. The second-order valence-corrected chi connectivity index (χ2v) is 6.60. The molecule has 0 radical (unpaired) electrons. The predicted molar refractivity (Wildman–Crippen MR) is 91.7 cm³/mol. The van der Waals surface area contributed by atoms with Gasteiger partial charge in [0.05, 0.1) is 14.2 Å². The molecule has 1 amide bonds. The predicted octanol–water partition coefficient (Wildman–Crippen LogP) is 3.79. The molecule has 1 saturated heterocycles. The highest BCUT2D eigenvalue weighted by atomic mass is 32.1. The van der Waals surface area contributed by atoms with Crippen LogP contribution in [0.25, 0.3) is 0 Å². The molecule has 5 heteroatoms. The maximum Gasteiger partial charge on any atom is 0.261 e. The summed E-state index contributed by atoms with van der Waals surface area (Å²) in [5.41, 5.74) is 0.520. The number of carbonyl (C=O) groups excluding carboxylic acids is 1. The molecule has 23 heavy (non-hydrogen) atoms. The van der Waals surface area contributed by atoms with Crippen LogP contribution in [-0.2, 0) is 0 Å². The molecule has 0 unspecified atom stereocenters. The SMILES string of the molecule is COc1cccc(OC)c1C(=O)N1CCC(c2cccs2)CC1. The Labute approximate surface area is 140 Å². The lowest BCUT2D eigenvalue weighted by Crippen LogP contribution is -2.38. The Kier molecular flexibility index (Phi) is 4.86. The summed E-state index contributed by atoms with van der Waals surface area (Å²) in [6, 6.07) is 9.72. The second kappa shape index (κ2) is 7.04. The van der Waals surface area contributed by atoms with Crippen molar-refractivity contribution in [3.05, 3.63) is 46.2 Å². The molecule has 0 spiro atoms. The van der Waals surface area contributed by atoms with E-state index in [-0.39, 0.29) is 5.91 Å². The van der Waals surface area contributed by atoms with Crippen LogP contribution in [-0.4, -0.2) is 38.1 Å². The lowest BCUT2D eigenvalue weighted by molar-refractivity contribution is 0.0707. The van der Waals surface area contributed by atoms with E-state index in [4.69, 9.17) is 9.47 Å². The van der Waals surface area contributed by atoms with Crippen molar-refractivity contribution in [3.8, 4) is 11.5 Å². The number of rotatable bonds is 4. The summed E-state index contributed by atoms with van der Waals surface area (Å²) in [5.74, 6) is 1.69. The molecule has 4 nitrogen and oxygen atoms in total. The van der Waals surface area contributed by atoms with Gasteiger partial charge in [0, 0.05) is 18.0 Å². The first-order valence-electron chi connectivity index (χ1n) is 7.78. The van der Waals surface area contributed by atoms with Gasteiger partial charge in [0.2, 0.25) is 0 Å². The third-order valence-electron chi connectivity index (χ3n) is 4.37. The molecule has 1 aromatic heterocycles. The first-order chi connectivity index (χ1) is 11.2. The first-order valence-corrected chi connectivity index (χ1v) is 8.66. The first kappa shape index (κ1) is 15.9. The van der Waals surface area contributed by atoms with Crippen LogP contribution in [0, 0.1) is 0 Å². The van der Waals surface area contributed by atoms with E-state index in [9.17, 15) is 4.79 Å². The number of thiophene rings is 1. The molecule has 2 heterocycles. The Balaban J connectivity index is 1.75. The van der Waals surface area contributed by atoms with Crippen LogP contribution in [0.5, 0.6) is 11.5 Å². The van der Waals surface area contributed by atoms with Crippen LogP contribution in [0.4, 0.5) is 0 Å². The molecule has 1 aromatic carbocycles. The Bertz CT molecular complexity index is 639. The molecule has 0 N–H and O–H groups in total. The Morgan fingerprint density at radius 3 is 2.26 bits per heavy atom. The van der Waals surface area contributed by atoms with E-state index in [0.717, 1.165) is 25.9 Å². The van der Waals surface area contributed by atoms with Gasteiger partial charge in [0.15, 0.2) is 0 Å². The van der Waals surface area contributed by atoms with Crippen molar-refractivity contribution in [2.45, 2.75) is 18.8 Å². The van der Waals surface area contributed by atoms with E-state index in [1.165, 1.54) is 4.88 Å². The molecule has 3 rings (SSSR count). The zero-order valence-electron chi connectivity index (χ0n) is 13.5. The molecule has 0 saturated carbocycles. The average molecular weight is 331 g/mol. The van der Waals surface area contributed by atoms with Crippen molar-refractivity contribution in [2.24, 2.45) is 0 Å². The highest BCUT2D eigenvalue weighted by molar-refractivity contribution is 7.10. The van der Waals surface area contributed by atoms with Crippen LogP contribution in [0.1, 0.15) is 34.0 Å². The van der Waals surface area contributed by atoms with Crippen molar-refractivity contribution in [3.63, 3.8) is 0 Å². The molecule has 1 aliphatic heterocycles. The van der Waals surface area contributed by atoms with Crippen molar-refractivity contribution in [1.29, 1.82) is 0 Å². The topological polar surface area (TPSA) is 38.8 Å². The molecule has 1 fully saturated rings. The maximum absolute atomic E-state index is 12.9. The summed E-state index contributed by atoms with van der Waals surface area (Å²) < 4.78 is 10.7. The van der Waals surface area contributed by atoms with E-state index < -0.39 is 0 Å². The molecule has 2 aromatic rings. The highest BCUT2D eigenvalue weighted by Crippen LogP contribution is 2.34. The third kappa shape index (κ3) is 3.20. The second-order valence-electron chi connectivity index (χ2n) is 5.62. The lowest BCUT2D eigenvalue weighted by Gasteiger charge is -2.32. The number of benzene rings is 1. The molecule has 1 aliphatic rings. The fraction of sp³-hybridized carbons (Fsp3) is 0.389. The number of methoxy groups -OCH3 is 2. The van der Waals surface area contributed by atoms with Gasteiger partial charge in [0.25, 0.3) is 5.91 Å². The van der Waals surface area contributed by atoms with E-state index in [2.05, 4.69) is 17.5 Å². The molecule has 122 valence electrons. The minimum absolute atomic E-state index is 0.0103. The van der Waals surface area contributed by atoms with Gasteiger partial charge in [-0.15, -0.1) is 11.3 Å². The monoisotopic (exact) mass is 331 g/mol. The summed E-state index contributed by atoms with van der Waals surface area (Å²) in [6.07, 6.45) is 2.01. The fourth-order valence-electron chi connectivity index (χ4n) is 3.11. The maximum atomic E-state index is 12.9. The third-order valence-corrected chi connectivity index (χ3v) is 5.40. The minimum Gasteiger partial charge on any atom is -0.496 e. The van der Waals surface area contributed by atoms with Gasteiger partial charge in [-0.25, -0.2) is 0 Å². The van der Waals surface area contributed by atoms with Crippen LogP contribution in [0.15, 0.2) is 35.7 Å². The van der Waals surface area contributed by atoms with Gasteiger partial charge in [-0.05, 0) is 42.3 Å². The smallest absolute Gasteiger partial charge is 0.261 e. The van der Waals surface area contributed by atoms with Crippen LogP contribution >= 0.6 is 11.3 Å². The summed E-state index contributed by atoms with van der Waals surface area (Å²) >= 11 is 1.80. The Morgan fingerprint density at radius 1 is 1.09 bits per heavy atom. The van der Waals surface area contributed by atoms with E-state index in [0.29, 0.717) is 23.0 Å². The summed E-state index contributed by atoms with van der Waals surface area (Å²) in [4.78, 5) is 16.3. The van der Waals surface area contributed by atoms with E-state index >= 15 is 0 Å². The molecule has 0 atom stereocenters. The van der Waals surface area contributed by atoms with Gasteiger partial charge in [-0.1, -0.05) is 12.1 Å². The van der Waals surface area contributed by atoms with Gasteiger partial charge in [0.1, 0.15) is 17.1 Å². The van der Waals surface area contributed by atoms with Crippen molar-refractivity contribution in [2.75, 3.05) is 27.3 Å². The van der Waals surface area contributed by atoms with Crippen LogP contribution < -0.4 is 9.47 Å². The van der Waals surface area contributed by atoms with Gasteiger partial charge in [-0.3, -0.25) is 4.79 Å². The molecule has 0 aliphatic carbocycles. The zero-order valence-corrected chi connectivity index (χ0v) is 14.3. The number of hydrogen-bond donors (Lipinski definition) is 0. The largest absolute Gasteiger partial charge is 0.496 e. The normalized spacial score (nSPS) is 15.5. The Morgan fingerprint density at radius 2 is 1.74 bits per heavy atom. The summed E-state index contributed by atoms with van der Waals surface area (Å²) in [6.45, 7) is 1.53. The summed E-state index contributed by atoms with van der Waals surface area (Å²) in [5, 5.41) is 2.12. The number of ether oxygens (including phenoxy) is 2. The van der Waals surface area contributed by atoms with Crippen molar-refractivity contribution >= 4 is 17.2 Å². The number of nitrogens with zero attached hydrogens (tertiary/aromatic N) is 1. The van der Waals surface area contributed by atoms with E-state index in [1.54, 1.807) is 37.7 Å².